The van der Waals surface area contributed by atoms with Crippen molar-refractivity contribution in [2.24, 2.45) is 0 Å². The van der Waals surface area contributed by atoms with Crippen LogP contribution in [-0.4, -0.2) is 24.6 Å². The van der Waals surface area contributed by atoms with Crippen molar-refractivity contribution in [3.8, 4) is 5.75 Å². The van der Waals surface area contributed by atoms with E-state index in [-0.39, 0.29) is 11.4 Å². The Morgan fingerprint density at radius 2 is 2.00 bits per heavy atom. The molecule has 4 nitrogen and oxygen atoms in total. The Kier molecular flexibility index (Phi) is 5.57. The molecule has 0 radical (unpaired) electrons. The lowest BCUT2D eigenvalue weighted by Gasteiger charge is -2.24. The zero-order valence-electron chi connectivity index (χ0n) is 13.3. The van der Waals surface area contributed by atoms with Crippen LogP contribution >= 0.6 is 0 Å². The number of rotatable bonds is 5. The number of para-hydroxylation sites is 1. The normalized spacial score (nSPS) is 12.9. The summed E-state index contributed by atoms with van der Waals surface area (Å²) in [7, 11) is 1.89. The highest BCUT2D eigenvalue weighted by Crippen LogP contribution is 2.24. The zero-order valence-corrected chi connectivity index (χ0v) is 13.3. The molecule has 20 heavy (non-hydrogen) atoms. The van der Waals surface area contributed by atoms with E-state index in [1.807, 2.05) is 52.9 Å². The van der Waals surface area contributed by atoms with Crippen LogP contribution < -0.4 is 15.4 Å². The van der Waals surface area contributed by atoms with Gasteiger partial charge in [0, 0.05) is 17.6 Å². The molecule has 0 aromatic heterocycles. The Labute approximate surface area is 121 Å². The van der Waals surface area contributed by atoms with Crippen molar-refractivity contribution in [1.82, 2.24) is 10.6 Å². The number of carbonyl (C=O) groups is 1. The molecule has 0 saturated heterocycles. The average Bonchev–Trinajstić information content (AvgIpc) is 2.31. The van der Waals surface area contributed by atoms with Crippen molar-refractivity contribution in [1.29, 1.82) is 0 Å². The van der Waals surface area contributed by atoms with Crippen LogP contribution in [0.4, 0.5) is 0 Å². The minimum atomic E-state index is -0.522. The van der Waals surface area contributed by atoms with Crippen LogP contribution in [0, 0.1) is 6.92 Å². The first-order chi connectivity index (χ1) is 9.24. The second-order valence-corrected chi connectivity index (χ2v) is 6.09. The Morgan fingerprint density at radius 1 is 1.35 bits per heavy atom. The molecule has 0 aliphatic rings. The van der Waals surface area contributed by atoms with Gasteiger partial charge in [-0.05, 0) is 47.2 Å². The van der Waals surface area contributed by atoms with Crippen molar-refractivity contribution in [2.75, 3.05) is 7.05 Å². The summed E-state index contributed by atoms with van der Waals surface area (Å²) in [5.74, 6) is 0.689. The van der Waals surface area contributed by atoms with Crippen molar-refractivity contribution in [2.45, 2.75) is 52.8 Å². The first-order valence-corrected chi connectivity index (χ1v) is 6.96. The van der Waals surface area contributed by atoms with E-state index >= 15 is 0 Å². The van der Waals surface area contributed by atoms with Crippen LogP contribution in [0.25, 0.3) is 0 Å². The highest BCUT2D eigenvalue weighted by molar-refractivity contribution is 5.81. The molecule has 1 aromatic rings. The smallest absolute Gasteiger partial charge is 0.261 e. The van der Waals surface area contributed by atoms with Gasteiger partial charge >= 0.3 is 0 Å². The summed E-state index contributed by atoms with van der Waals surface area (Å²) in [6, 6.07) is 5.99. The topological polar surface area (TPSA) is 50.4 Å². The molecule has 0 saturated carbocycles. The molecule has 0 heterocycles. The van der Waals surface area contributed by atoms with Gasteiger partial charge in [-0.1, -0.05) is 18.2 Å². The van der Waals surface area contributed by atoms with Gasteiger partial charge in [-0.2, -0.15) is 0 Å². The van der Waals surface area contributed by atoms with Crippen LogP contribution in [0.2, 0.25) is 0 Å². The van der Waals surface area contributed by atoms with E-state index < -0.39 is 6.10 Å². The number of aryl methyl sites for hydroxylation is 1. The lowest BCUT2D eigenvalue weighted by Crippen LogP contribution is -2.46. The van der Waals surface area contributed by atoms with Gasteiger partial charge in [0.15, 0.2) is 6.10 Å². The number of amides is 1. The summed E-state index contributed by atoms with van der Waals surface area (Å²) in [6.45, 7) is 10.3. The van der Waals surface area contributed by atoms with Crippen molar-refractivity contribution in [3.05, 3.63) is 29.3 Å². The monoisotopic (exact) mass is 278 g/mol. The molecule has 1 aromatic carbocycles. The van der Waals surface area contributed by atoms with Crippen LogP contribution in [0.15, 0.2) is 18.2 Å². The van der Waals surface area contributed by atoms with Crippen LogP contribution in [0.1, 0.15) is 38.8 Å². The van der Waals surface area contributed by atoms with E-state index in [0.717, 1.165) is 16.9 Å². The van der Waals surface area contributed by atoms with Crippen LogP contribution in [0.3, 0.4) is 0 Å². The number of ether oxygens (including phenoxy) is 1. The summed E-state index contributed by atoms with van der Waals surface area (Å²) >= 11 is 0. The van der Waals surface area contributed by atoms with Crippen molar-refractivity contribution in [3.63, 3.8) is 0 Å². The number of carbonyl (C=O) groups excluding carboxylic acids is 1. The van der Waals surface area contributed by atoms with Gasteiger partial charge in [0.05, 0.1) is 0 Å². The van der Waals surface area contributed by atoms with E-state index in [9.17, 15) is 4.79 Å². The maximum absolute atomic E-state index is 12.1. The molecule has 0 fully saturated rings. The third kappa shape index (κ3) is 4.85. The van der Waals surface area contributed by atoms with Crippen LogP contribution in [-0.2, 0) is 11.3 Å². The Hall–Kier alpha value is -1.55. The van der Waals surface area contributed by atoms with E-state index in [1.54, 1.807) is 6.92 Å². The summed E-state index contributed by atoms with van der Waals surface area (Å²) in [5.41, 5.74) is 1.84. The van der Waals surface area contributed by atoms with E-state index in [0.29, 0.717) is 6.54 Å². The maximum atomic E-state index is 12.1. The van der Waals surface area contributed by atoms with Gasteiger partial charge in [-0.3, -0.25) is 4.79 Å². The standard InChI is InChI=1S/C16H26N2O2/c1-11-8-7-9-13(10-17-6)14(11)20-12(2)15(19)18-16(3,4)5/h7-9,12,17H,10H2,1-6H3,(H,18,19). The molecule has 2 N–H and O–H groups in total. The molecule has 112 valence electrons. The minimum Gasteiger partial charge on any atom is -0.480 e. The van der Waals surface area contributed by atoms with Gasteiger partial charge < -0.3 is 15.4 Å². The van der Waals surface area contributed by atoms with Gasteiger partial charge in [0.1, 0.15) is 5.75 Å². The summed E-state index contributed by atoms with van der Waals surface area (Å²) < 4.78 is 5.88. The number of hydrogen-bond donors (Lipinski definition) is 2. The zero-order chi connectivity index (χ0) is 15.3. The van der Waals surface area contributed by atoms with Gasteiger partial charge in [0.2, 0.25) is 0 Å². The van der Waals surface area contributed by atoms with Crippen molar-refractivity contribution >= 4 is 5.91 Å². The molecule has 0 aliphatic heterocycles. The molecule has 1 unspecified atom stereocenters. The largest absolute Gasteiger partial charge is 0.480 e. The highest BCUT2D eigenvalue weighted by Gasteiger charge is 2.21. The molecule has 4 heteroatoms. The second-order valence-electron chi connectivity index (χ2n) is 6.09. The summed E-state index contributed by atoms with van der Waals surface area (Å²) in [6.07, 6.45) is -0.522. The fourth-order valence-corrected chi connectivity index (χ4v) is 1.91. The predicted molar refractivity (Wildman–Crippen MR) is 81.9 cm³/mol. The SMILES string of the molecule is CNCc1cccc(C)c1OC(C)C(=O)NC(C)(C)C. The molecular weight excluding hydrogens is 252 g/mol. The molecule has 0 spiro atoms. The lowest BCUT2D eigenvalue weighted by molar-refractivity contribution is -0.128. The van der Waals surface area contributed by atoms with E-state index in [1.165, 1.54) is 0 Å². The molecule has 0 bridgehead atoms. The second kappa shape index (κ2) is 6.75. The average molecular weight is 278 g/mol. The Morgan fingerprint density at radius 3 is 2.55 bits per heavy atom. The third-order valence-corrected chi connectivity index (χ3v) is 2.82. The lowest BCUT2D eigenvalue weighted by atomic mass is 10.1. The number of benzene rings is 1. The molecule has 1 atom stereocenters. The molecular formula is C16H26N2O2. The Balaban J connectivity index is 2.84. The quantitative estimate of drug-likeness (QED) is 0.869. The maximum Gasteiger partial charge on any atom is 0.261 e. The molecule has 0 aliphatic carbocycles. The third-order valence-electron chi connectivity index (χ3n) is 2.82. The number of hydrogen-bond acceptors (Lipinski definition) is 3. The fourth-order valence-electron chi connectivity index (χ4n) is 1.91. The Bertz CT molecular complexity index is 464. The van der Waals surface area contributed by atoms with Gasteiger partial charge in [-0.25, -0.2) is 0 Å². The van der Waals surface area contributed by atoms with E-state index in [4.69, 9.17) is 4.74 Å². The van der Waals surface area contributed by atoms with Gasteiger partial charge in [-0.15, -0.1) is 0 Å². The molecule has 1 amide bonds. The fraction of sp³-hybridized carbons (Fsp3) is 0.562. The van der Waals surface area contributed by atoms with Crippen LogP contribution in [0.5, 0.6) is 5.75 Å². The highest BCUT2D eigenvalue weighted by atomic mass is 16.5. The van der Waals surface area contributed by atoms with E-state index in [2.05, 4.69) is 10.6 Å². The summed E-state index contributed by atoms with van der Waals surface area (Å²) in [5, 5.41) is 6.04. The first kappa shape index (κ1) is 16.5. The number of nitrogens with one attached hydrogen (secondary N) is 2. The first-order valence-electron chi connectivity index (χ1n) is 6.96. The van der Waals surface area contributed by atoms with Gasteiger partial charge in [0.25, 0.3) is 5.91 Å². The minimum absolute atomic E-state index is 0.101. The molecule has 1 rings (SSSR count). The van der Waals surface area contributed by atoms with Crippen molar-refractivity contribution < 1.29 is 9.53 Å². The summed E-state index contributed by atoms with van der Waals surface area (Å²) in [4.78, 5) is 12.1. The predicted octanol–water partition coefficient (Wildman–Crippen LogP) is 2.40.